The van der Waals surface area contributed by atoms with E-state index in [-0.39, 0.29) is 0 Å². The summed E-state index contributed by atoms with van der Waals surface area (Å²) >= 11 is 0. The summed E-state index contributed by atoms with van der Waals surface area (Å²) in [5.74, 6) is 0.465. The maximum atomic E-state index is 11.5. The summed E-state index contributed by atoms with van der Waals surface area (Å²) < 4.78 is 0. The molecule has 0 saturated heterocycles. The second-order valence-electron chi connectivity index (χ2n) is 7.08. The molecule has 5 heteroatoms. The van der Waals surface area contributed by atoms with Gasteiger partial charge in [0.05, 0.1) is 5.56 Å². The number of hydrogen-bond donors (Lipinski definition) is 2. The molecule has 29 heavy (non-hydrogen) atoms. The number of rotatable bonds is 10. The van der Waals surface area contributed by atoms with Crippen LogP contribution in [0.2, 0.25) is 0 Å². The Morgan fingerprint density at radius 3 is 2.34 bits per heavy atom. The zero-order valence-electron chi connectivity index (χ0n) is 17.4. The zero-order valence-corrected chi connectivity index (χ0v) is 17.4. The monoisotopic (exact) mass is 393 g/mol. The SMILES string of the molecule is CCCCN=C(Cc1ccc(-c2ccccc2C(=O)O)cc1)N=C(N)CCCC. The van der Waals surface area contributed by atoms with E-state index in [1.165, 1.54) is 0 Å². The fourth-order valence-corrected chi connectivity index (χ4v) is 2.98. The predicted octanol–water partition coefficient (Wildman–Crippen LogP) is 5.34. The standard InChI is InChI=1S/C24H31N3O2/c1-3-5-11-22(25)27-23(26-16-6-4-2)17-18-12-14-19(15-13-18)20-9-7-8-10-21(20)24(28)29/h7-10,12-15H,3-6,11,16-17H2,1-2H3,(H,28,29)(H2,25,26,27). The Kier molecular flexibility index (Phi) is 9.09. The van der Waals surface area contributed by atoms with E-state index in [1.807, 2.05) is 36.4 Å². The van der Waals surface area contributed by atoms with Gasteiger partial charge in [0.15, 0.2) is 0 Å². The largest absolute Gasteiger partial charge is 0.478 e. The number of carbonyl (C=O) groups is 1. The van der Waals surface area contributed by atoms with Crippen LogP contribution in [0.15, 0.2) is 58.5 Å². The molecule has 2 aromatic rings. The van der Waals surface area contributed by atoms with Gasteiger partial charge in [0.2, 0.25) is 0 Å². The van der Waals surface area contributed by atoms with Crippen molar-refractivity contribution in [3.05, 3.63) is 59.7 Å². The molecule has 0 aliphatic rings. The van der Waals surface area contributed by atoms with Crippen LogP contribution < -0.4 is 5.73 Å². The van der Waals surface area contributed by atoms with Crippen LogP contribution in [-0.4, -0.2) is 29.3 Å². The Balaban J connectivity index is 2.20. The Hall–Kier alpha value is -2.95. The summed E-state index contributed by atoms with van der Waals surface area (Å²) in [6, 6.07) is 14.9. The molecule has 0 heterocycles. The first kappa shape index (κ1) is 22.3. The van der Waals surface area contributed by atoms with Crippen LogP contribution in [0.5, 0.6) is 0 Å². The molecule has 2 aromatic carbocycles. The molecule has 5 nitrogen and oxygen atoms in total. The molecule has 0 aromatic heterocycles. The lowest BCUT2D eigenvalue weighted by Crippen LogP contribution is -2.15. The summed E-state index contributed by atoms with van der Waals surface area (Å²) in [5.41, 5.74) is 9.04. The lowest BCUT2D eigenvalue weighted by atomic mass is 9.98. The highest BCUT2D eigenvalue weighted by atomic mass is 16.4. The predicted molar refractivity (Wildman–Crippen MR) is 121 cm³/mol. The number of carboxylic acid groups (broad SMARTS) is 1. The van der Waals surface area contributed by atoms with E-state index in [0.717, 1.165) is 55.6 Å². The Morgan fingerprint density at radius 1 is 1.00 bits per heavy atom. The van der Waals surface area contributed by atoms with Crippen molar-refractivity contribution in [2.24, 2.45) is 15.7 Å². The fourth-order valence-electron chi connectivity index (χ4n) is 2.98. The molecule has 0 radical (unpaired) electrons. The average Bonchev–Trinajstić information content (AvgIpc) is 2.73. The molecule has 0 atom stereocenters. The number of nitrogens with zero attached hydrogens (tertiary/aromatic N) is 2. The number of amidine groups is 2. The van der Waals surface area contributed by atoms with E-state index >= 15 is 0 Å². The maximum absolute atomic E-state index is 11.5. The van der Waals surface area contributed by atoms with Crippen molar-refractivity contribution in [1.82, 2.24) is 0 Å². The van der Waals surface area contributed by atoms with Gasteiger partial charge < -0.3 is 10.8 Å². The molecule has 0 bridgehead atoms. The number of unbranched alkanes of at least 4 members (excludes halogenated alkanes) is 2. The van der Waals surface area contributed by atoms with Crippen molar-refractivity contribution in [3.8, 4) is 11.1 Å². The molecule has 2 rings (SSSR count). The molecular weight excluding hydrogens is 362 g/mol. The lowest BCUT2D eigenvalue weighted by Gasteiger charge is -2.08. The Bertz CT molecular complexity index is 855. The third-order valence-electron chi connectivity index (χ3n) is 4.65. The van der Waals surface area contributed by atoms with Gasteiger partial charge in [-0.2, -0.15) is 0 Å². The Labute approximate surface area is 173 Å². The van der Waals surface area contributed by atoms with E-state index in [4.69, 9.17) is 5.73 Å². The van der Waals surface area contributed by atoms with E-state index in [9.17, 15) is 9.90 Å². The van der Waals surface area contributed by atoms with Gasteiger partial charge in [0, 0.05) is 19.4 Å². The molecular formula is C24H31N3O2. The maximum Gasteiger partial charge on any atom is 0.336 e. The molecule has 0 unspecified atom stereocenters. The summed E-state index contributed by atoms with van der Waals surface area (Å²) in [4.78, 5) is 20.7. The van der Waals surface area contributed by atoms with Gasteiger partial charge in [-0.3, -0.25) is 4.99 Å². The van der Waals surface area contributed by atoms with Gasteiger partial charge in [-0.1, -0.05) is 69.2 Å². The van der Waals surface area contributed by atoms with Crippen LogP contribution in [0, 0.1) is 0 Å². The third-order valence-corrected chi connectivity index (χ3v) is 4.65. The van der Waals surface area contributed by atoms with Crippen molar-refractivity contribution in [1.29, 1.82) is 0 Å². The molecule has 3 N–H and O–H groups in total. The van der Waals surface area contributed by atoms with Crippen molar-refractivity contribution in [2.45, 2.75) is 52.4 Å². The Morgan fingerprint density at radius 2 is 1.69 bits per heavy atom. The number of carboxylic acids is 1. The van der Waals surface area contributed by atoms with Gasteiger partial charge in [-0.05, 0) is 35.6 Å². The minimum atomic E-state index is -0.924. The minimum Gasteiger partial charge on any atom is -0.478 e. The quantitative estimate of drug-likeness (QED) is 0.324. The smallest absolute Gasteiger partial charge is 0.336 e. The van der Waals surface area contributed by atoms with E-state index in [0.29, 0.717) is 23.4 Å². The lowest BCUT2D eigenvalue weighted by molar-refractivity contribution is 0.0697. The first-order valence-corrected chi connectivity index (χ1v) is 10.3. The molecule has 0 fully saturated rings. The number of aliphatic imine (C=N–C) groups is 2. The first-order chi connectivity index (χ1) is 14.0. The van der Waals surface area contributed by atoms with E-state index in [1.54, 1.807) is 12.1 Å². The van der Waals surface area contributed by atoms with Gasteiger partial charge >= 0.3 is 5.97 Å². The number of hydrogen-bond acceptors (Lipinski definition) is 2. The summed E-state index contributed by atoms with van der Waals surface area (Å²) in [5, 5.41) is 9.41. The van der Waals surface area contributed by atoms with Crippen LogP contribution in [0.1, 0.15) is 61.9 Å². The minimum absolute atomic E-state index is 0.301. The average molecular weight is 394 g/mol. The van der Waals surface area contributed by atoms with Gasteiger partial charge in [0.25, 0.3) is 0 Å². The van der Waals surface area contributed by atoms with Crippen molar-refractivity contribution in [3.63, 3.8) is 0 Å². The molecule has 0 spiro atoms. The number of aromatic carboxylic acids is 1. The van der Waals surface area contributed by atoms with Crippen LogP contribution in [0.25, 0.3) is 11.1 Å². The summed E-state index contributed by atoms with van der Waals surface area (Å²) in [7, 11) is 0. The van der Waals surface area contributed by atoms with E-state index in [2.05, 4.69) is 23.8 Å². The number of nitrogens with two attached hydrogens (primary N) is 1. The van der Waals surface area contributed by atoms with Gasteiger partial charge in [-0.25, -0.2) is 9.79 Å². The first-order valence-electron chi connectivity index (χ1n) is 10.3. The normalized spacial score (nSPS) is 12.2. The fraction of sp³-hybridized carbons (Fsp3) is 0.375. The second-order valence-corrected chi connectivity index (χ2v) is 7.08. The highest BCUT2D eigenvalue weighted by Crippen LogP contribution is 2.24. The van der Waals surface area contributed by atoms with E-state index < -0.39 is 5.97 Å². The molecule has 0 aliphatic carbocycles. The van der Waals surface area contributed by atoms with Gasteiger partial charge in [-0.15, -0.1) is 0 Å². The molecule has 0 aliphatic heterocycles. The highest BCUT2D eigenvalue weighted by Gasteiger charge is 2.11. The van der Waals surface area contributed by atoms with Crippen LogP contribution in [-0.2, 0) is 6.42 Å². The molecule has 154 valence electrons. The van der Waals surface area contributed by atoms with Crippen LogP contribution in [0.4, 0.5) is 0 Å². The summed E-state index contributed by atoms with van der Waals surface area (Å²) in [6.45, 7) is 5.02. The van der Waals surface area contributed by atoms with Crippen LogP contribution >= 0.6 is 0 Å². The second kappa shape index (κ2) is 11.8. The highest BCUT2D eigenvalue weighted by molar-refractivity contribution is 5.98. The van der Waals surface area contributed by atoms with Crippen molar-refractivity contribution < 1.29 is 9.90 Å². The zero-order chi connectivity index (χ0) is 21.1. The molecule has 0 amide bonds. The molecule has 0 saturated carbocycles. The van der Waals surface area contributed by atoms with Gasteiger partial charge in [0.1, 0.15) is 11.7 Å². The van der Waals surface area contributed by atoms with Crippen molar-refractivity contribution in [2.75, 3.05) is 6.54 Å². The van der Waals surface area contributed by atoms with Crippen LogP contribution in [0.3, 0.4) is 0 Å². The van der Waals surface area contributed by atoms with Crippen molar-refractivity contribution >= 4 is 17.6 Å². The topological polar surface area (TPSA) is 88.0 Å². The third kappa shape index (κ3) is 7.18. The summed E-state index contributed by atoms with van der Waals surface area (Å²) in [6.07, 6.45) is 5.61. The number of benzene rings is 2.